The van der Waals surface area contributed by atoms with E-state index in [1.807, 2.05) is 12.1 Å². The van der Waals surface area contributed by atoms with E-state index in [1.165, 1.54) is 29.5 Å². The van der Waals surface area contributed by atoms with E-state index in [9.17, 15) is 0 Å². The molecule has 1 heterocycles. The molecule has 1 fully saturated rings. The first-order valence-electron chi connectivity index (χ1n) is 7.75. The first-order chi connectivity index (χ1) is 10.2. The number of nitrogens with zero attached hydrogens (tertiary/aromatic N) is 1. The van der Waals surface area contributed by atoms with Crippen molar-refractivity contribution in [1.82, 2.24) is 4.90 Å². The minimum absolute atomic E-state index is 0.266. The summed E-state index contributed by atoms with van der Waals surface area (Å²) in [7, 11) is 0. The second-order valence-corrected chi connectivity index (χ2v) is 6.02. The number of benzene rings is 1. The monoisotopic (exact) mass is 284 g/mol. The van der Waals surface area contributed by atoms with Crippen LogP contribution in [0.3, 0.4) is 0 Å². The van der Waals surface area contributed by atoms with E-state index in [-0.39, 0.29) is 6.04 Å². The zero-order valence-electron chi connectivity index (χ0n) is 12.9. The maximum absolute atomic E-state index is 6.15. The fraction of sp³-hybridized carbons (Fsp3) is 0.444. The molecule has 1 aliphatic carbocycles. The SMILES string of the molecule is Cc1cccc(C(CN)N(Cc2ccco2)C2CC2)c1C. The van der Waals surface area contributed by atoms with Gasteiger partial charge in [-0.1, -0.05) is 18.2 Å². The summed E-state index contributed by atoms with van der Waals surface area (Å²) in [6.45, 7) is 5.85. The summed E-state index contributed by atoms with van der Waals surface area (Å²) in [5.74, 6) is 1.02. The lowest BCUT2D eigenvalue weighted by molar-refractivity contribution is 0.167. The Morgan fingerprint density at radius 3 is 2.67 bits per heavy atom. The molecule has 0 bridgehead atoms. The van der Waals surface area contributed by atoms with Crippen molar-refractivity contribution in [2.75, 3.05) is 6.54 Å². The average molecular weight is 284 g/mol. The minimum Gasteiger partial charge on any atom is -0.468 e. The number of rotatable bonds is 6. The molecule has 1 unspecified atom stereocenters. The maximum Gasteiger partial charge on any atom is 0.117 e. The lowest BCUT2D eigenvalue weighted by Gasteiger charge is -2.32. The van der Waals surface area contributed by atoms with Crippen LogP contribution in [-0.4, -0.2) is 17.5 Å². The molecular formula is C18H24N2O. The first kappa shape index (κ1) is 14.4. The molecule has 1 aromatic carbocycles. The molecular weight excluding hydrogens is 260 g/mol. The Bertz CT molecular complexity index is 587. The smallest absolute Gasteiger partial charge is 0.117 e. The summed E-state index contributed by atoms with van der Waals surface area (Å²) < 4.78 is 5.54. The third kappa shape index (κ3) is 3.04. The largest absolute Gasteiger partial charge is 0.468 e. The Morgan fingerprint density at radius 1 is 1.24 bits per heavy atom. The Kier molecular flexibility index (Phi) is 4.13. The molecule has 2 N–H and O–H groups in total. The molecule has 0 radical (unpaired) electrons. The van der Waals surface area contributed by atoms with Crippen molar-refractivity contribution in [2.24, 2.45) is 5.73 Å². The quantitative estimate of drug-likeness (QED) is 0.882. The lowest BCUT2D eigenvalue weighted by atomic mass is 9.96. The lowest BCUT2D eigenvalue weighted by Crippen LogP contribution is -2.35. The highest BCUT2D eigenvalue weighted by molar-refractivity contribution is 5.36. The summed E-state index contributed by atoms with van der Waals surface area (Å²) in [6, 6.07) is 11.4. The highest BCUT2D eigenvalue weighted by Crippen LogP contribution is 2.36. The topological polar surface area (TPSA) is 42.4 Å². The molecule has 1 saturated carbocycles. The van der Waals surface area contributed by atoms with Gasteiger partial charge in [0.15, 0.2) is 0 Å². The Labute approximate surface area is 126 Å². The van der Waals surface area contributed by atoms with Crippen LogP contribution in [0.4, 0.5) is 0 Å². The Morgan fingerprint density at radius 2 is 2.05 bits per heavy atom. The predicted molar refractivity (Wildman–Crippen MR) is 85.0 cm³/mol. The van der Waals surface area contributed by atoms with Crippen LogP contribution in [0.15, 0.2) is 41.0 Å². The van der Waals surface area contributed by atoms with Gasteiger partial charge in [-0.25, -0.2) is 0 Å². The number of hydrogen-bond donors (Lipinski definition) is 1. The molecule has 21 heavy (non-hydrogen) atoms. The maximum atomic E-state index is 6.15. The van der Waals surface area contributed by atoms with Gasteiger partial charge in [-0.3, -0.25) is 4.90 Å². The summed E-state index contributed by atoms with van der Waals surface area (Å²) >= 11 is 0. The highest BCUT2D eigenvalue weighted by atomic mass is 16.3. The van der Waals surface area contributed by atoms with E-state index in [4.69, 9.17) is 10.2 Å². The Hall–Kier alpha value is -1.58. The molecule has 2 aromatic rings. The van der Waals surface area contributed by atoms with Crippen molar-refractivity contribution in [3.63, 3.8) is 0 Å². The van der Waals surface area contributed by atoms with Crippen molar-refractivity contribution in [3.05, 3.63) is 59.0 Å². The van der Waals surface area contributed by atoms with E-state index in [2.05, 4.69) is 36.9 Å². The van der Waals surface area contributed by atoms with Crippen LogP contribution in [0.25, 0.3) is 0 Å². The van der Waals surface area contributed by atoms with Crippen LogP contribution in [0.2, 0.25) is 0 Å². The number of furan rings is 1. The van der Waals surface area contributed by atoms with Crippen molar-refractivity contribution in [3.8, 4) is 0 Å². The van der Waals surface area contributed by atoms with Gasteiger partial charge in [0.05, 0.1) is 12.8 Å². The van der Waals surface area contributed by atoms with Crippen molar-refractivity contribution in [2.45, 2.75) is 45.3 Å². The summed E-state index contributed by atoms with van der Waals surface area (Å²) in [4.78, 5) is 2.51. The first-order valence-corrected chi connectivity index (χ1v) is 7.75. The second-order valence-electron chi connectivity index (χ2n) is 6.02. The molecule has 3 rings (SSSR count). The molecule has 1 atom stereocenters. The predicted octanol–water partition coefficient (Wildman–Crippen LogP) is 3.56. The third-order valence-corrected chi connectivity index (χ3v) is 4.56. The third-order valence-electron chi connectivity index (χ3n) is 4.56. The van der Waals surface area contributed by atoms with Crippen LogP contribution in [0.5, 0.6) is 0 Å². The molecule has 112 valence electrons. The van der Waals surface area contributed by atoms with Crippen LogP contribution in [0.1, 0.15) is 41.3 Å². The van der Waals surface area contributed by atoms with E-state index < -0.39 is 0 Å². The molecule has 3 heteroatoms. The summed E-state index contributed by atoms with van der Waals surface area (Å²) in [5, 5.41) is 0. The van der Waals surface area contributed by atoms with Crippen LogP contribution < -0.4 is 5.73 Å². The zero-order valence-corrected chi connectivity index (χ0v) is 12.9. The summed E-state index contributed by atoms with van der Waals surface area (Å²) in [5.41, 5.74) is 10.2. The van der Waals surface area contributed by atoms with Gasteiger partial charge < -0.3 is 10.2 Å². The normalized spacial score (nSPS) is 16.4. The van der Waals surface area contributed by atoms with E-state index in [1.54, 1.807) is 6.26 Å². The van der Waals surface area contributed by atoms with Gasteiger partial charge >= 0.3 is 0 Å². The van der Waals surface area contributed by atoms with Gasteiger partial charge in [0.2, 0.25) is 0 Å². The highest BCUT2D eigenvalue weighted by Gasteiger charge is 2.35. The van der Waals surface area contributed by atoms with Crippen LogP contribution in [0, 0.1) is 13.8 Å². The van der Waals surface area contributed by atoms with Gasteiger partial charge in [0.1, 0.15) is 5.76 Å². The number of nitrogens with two attached hydrogens (primary N) is 1. The average Bonchev–Trinajstić information content (AvgIpc) is 3.20. The Balaban J connectivity index is 1.90. The molecule has 3 nitrogen and oxygen atoms in total. The fourth-order valence-electron chi connectivity index (χ4n) is 3.06. The van der Waals surface area contributed by atoms with Crippen molar-refractivity contribution < 1.29 is 4.42 Å². The van der Waals surface area contributed by atoms with Gasteiger partial charge in [-0.05, 0) is 55.5 Å². The van der Waals surface area contributed by atoms with Gasteiger partial charge in [0, 0.05) is 18.6 Å². The van der Waals surface area contributed by atoms with Crippen molar-refractivity contribution >= 4 is 0 Å². The molecule has 0 aliphatic heterocycles. The molecule has 1 aromatic heterocycles. The van der Waals surface area contributed by atoms with Crippen LogP contribution >= 0.6 is 0 Å². The van der Waals surface area contributed by atoms with Gasteiger partial charge in [-0.15, -0.1) is 0 Å². The molecule has 0 spiro atoms. The zero-order chi connectivity index (χ0) is 14.8. The fourth-order valence-corrected chi connectivity index (χ4v) is 3.06. The van der Waals surface area contributed by atoms with E-state index in [0.717, 1.165) is 12.3 Å². The van der Waals surface area contributed by atoms with E-state index in [0.29, 0.717) is 12.6 Å². The van der Waals surface area contributed by atoms with E-state index >= 15 is 0 Å². The second kappa shape index (κ2) is 6.04. The number of aryl methyl sites for hydroxylation is 1. The van der Waals surface area contributed by atoms with Crippen LogP contribution in [-0.2, 0) is 6.54 Å². The molecule has 0 amide bonds. The standard InChI is InChI=1S/C18H24N2O/c1-13-5-3-7-17(14(13)2)18(11-19)20(15-8-9-15)12-16-6-4-10-21-16/h3-7,10,15,18H,8-9,11-12,19H2,1-2H3. The van der Waals surface area contributed by atoms with Gasteiger partial charge in [-0.2, -0.15) is 0 Å². The minimum atomic E-state index is 0.266. The van der Waals surface area contributed by atoms with Crippen molar-refractivity contribution in [1.29, 1.82) is 0 Å². The molecule has 1 aliphatic rings. The molecule has 0 saturated heterocycles. The summed E-state index contributed by atoms with van der Waals surface area (Å²) in [6.07, 6.45) is 4.28. The van der Waals surface area contributed by atoms with Gasteiger partial charge in [0.25, 0.3) is 0 Å². The number of hydrogen-bond acceptors (Lipinski definition) is 3.